The first kappa shape index (κ1) is 18.6. The van der Waals surface area contributed by atoms with E-state index < -0.39 is 23.0 Å². The second-order valence-corrected chi connectivity index (χ2v) is 6.73. The zero-order chi connectivity index (χ0) is 20.1. The lowest BCUT2D eigenvalue weighted by atomic mass is 10.1. The molecule has 28 heavy (non-hydrogen) atoms. The van der Waals surface area contributed by atoms with Crippen LogP contribution >= 0.6 is 22.6 Å². The van der Waals surface area contributed by atoms with Crippen LogP contribution in [0.15, 0.2) is 52.2 Å². The van der Waals surface area contributed by atoms with Crippen LogP contribution in [-0.2, 0) is 10.6 Å². The maximum atomic E-state index is 13.1. The van der Waals surface area contributed by atoms with Crippen LogP contribution in [0, 0.1) is 0 Å². The first-order chi connectivity index (χ1) is 13.3. The molecule has 4 rings (SSSR count). The monoisotopic (exact) mass is 498 g/mol. The Bertz CT molecular complexity index is 1340. The standard InChI is InChI=1S/C18H10F3IN4O2/c19-18(20,21)9-2-1-3-11(6-9)26-15-12(16(27)25-17(26)28)8-23-13-5-4-10(7-22)24-14(13)15/h1-6,8H,7H2,(H,25,27,28). The number of nitrogens with one attached hydrogen (secondary N) is 1. The van der Waals surface area contributed by atoms with Crippen LogP contribution < -0.4 is 11.2 Å². The first-order valence-corrected chi connectivity index (χ1v) is 9.49. The highest BCUT2D eigenvalue weighted by Crippen LogP contribution is 2.31. The summed E-state index contributed by atoms with van der Waals surface area (Å²) in [5.74, 6) is 0. The van der Waals surface area contributed by atoms with Crippen molar-refractivity contribution >= 4 is 44.5 Å². The Hall–Kier alpha value is -2.76. The first-order valence-electron chi connectivity index (χ1n) is 7.97. The lowest BCUT2D eigenvalue weighted by Gasteiger charge is -2.13. The molecule has 0 saturated carbocycles. The minimum atomic E-state index is -4.58. The SMILES string of the molecule is O=c1[nH]c(=O)n(-c2cccc(C(F)(F)F)c2)c2c1cnc1ccc(CI)nc12. The van der Waals surface area contributed by atoms with Crippen molar-refractivity contribution in [1.82, 2.24) is 19.5 Å². The summed E-state index contributed by atoms with van der Waals surface area (Å²) in [4.78, 5) is 35.7. The van der Waals surface area contributed by atoms with E-state index in [2.05, 4.69) is 37.5 Å². The predicted molar refractivity (Wildman–Crippen MR) is 106 cm³/mol. The molecule has 0 aliphatic rings. The minimum Gasteiger partial charge on any atom is -0.273 e. The second-order valence-electron chi connectivity index (χ2n) is 5.97. The second kappa shape index (κ2) is 6.69. The lowest BCUT2D eigenvalue weighted by Crippen LogP contribution is -2.30. The van der Waals surface area contributed by atoms with Gasteiger partial charge in [-0.05, 0) is 30.3 Å². The average Bonchev–Trinajstić information content (AvgIpc) is 2.67. The highest BCUT2D eigenvalue weighted by atomic mass is 127. The van der Waals surface area contributed by atoms with Gasteiger partial charge >= 0.3 is 11.9 Å². The Morgan fingerprint density at radius 1 is 1.14 bits per heavy atom. The van der Waals surface area contributed by atoms with Gasteiger partial charge in [0.15, 0.2) is 0 Å². The van der Waals surface area contributed by atoms with Gasteiger partial charge in [-0.25, -0.2) is 9.78 Å². The molecule has 6 nitrogen and oxygen atoms in total. The number of benzene rings is 1. The van der Waals surface area contributed by atoms with Crippen molar-refractivity contribution < 1.29 is 13.2 Å². The average molecular weight is 498 g/mol. The molecule has 1 N–H and O–H groups in total. The van der Waals surface area contributed by atoms with E-state index >= 15 is 0 Å². The number of H-pyrrole nitrogens is 1. The summed E-state index contributed by atoms with van der Waals surface area (Å²) in [5.41, 5.74) is -0.981. The number of fused-ring (bicyclic) bond motifs is 3. The Morgan fingerprint density at radius 2 is 1.93 bits per heavy atom. The van der Waals surface area contributed by atoms with Crippen LogP contribution in [-0.4, -0.2) is 19.5 Å². The molecule has 4 aromatic rings. The minimum absolute atomic E-state index is 0.0322. The third kappa shape index (κ3) is 3.07. The molecule has 142 valence electrons. The van der Waals surface area contributed by atoms with Crippen molar-refractivity contribution in [2.24, 2.45) is 0 Å². The number of aromatic amines is 1. The molecule has 0 amide bonds. The van der Waals surface area contributed by atoms with E-state index in [4.69, 9.17) is 0 Å². The van der Waals surface area contributed by atoms with Crippen LogP contribution in [0.1, 0.15) is 11.3 Å². The Balaban J connectivity index is 2.19. The zero-order valence-corrected chi connectivity index (χ0v) is 16.1. The molecular weight excluding hydrogens is 488 g/mol. The van der Waals surface area contributed by atoms with E-state index in [1.54, 1.807) is 12.1 Å². The number of hydrogen-bond donors (Lipinski definition) is 1. The Labute approximate surface area is 168 Å². The van der Waals surface area contributed by atoms with Gasteiger partial charge in [-0.15, -0.1) is 0 Å². The smallest absolute Gasteiger partial charge is 0.273 e. The molecule has 0 bridgehead atoms. The van der Waals surface area contributed by atoms with E-state index in [0.29, 0.717) is 15.6 Å². The van der Waals surface area contributed by atoms with Gasteiger partial charge in [-0.3, -0.25) is 19.3 Å². The van der Waals surface area contributed by atoms with Crippen LogP contribution in [0.2, 0.25) is 0 Å². The van der Waals surface area contributed by atoms with Crippen LogP contribution in [0.25, 0.3) is 27.6 Å². The summed E-state index contributed by atoms with van der Waals surface area (Å²) in [6.45, 7) is 0. The highest BCUT2D eigenvalue weighted by Gasteiger charge is 2.30. The van der Waals surface area contributed by atoms with E-state index in [1.807, 2.05) is 0 Å². The van der Waals surface area contributed by atoms with E-state index in [1.165, 1.54) is 18.3 Å². The maximum absolute atomic E-state index is 13.1. The number of aromatic nitrogens is 4. The summed E-state index contributed by atoms with van der Waals surface area (Å²) >= 11 is 2.11. The molecule has 0 spiro atoms. The van der Waals surface area contributed by atoms with E-state index in [9.17, 15) is 22.8 Å². The van der Waals surface area contributed by atoms with Gasteiger partial charge in [-0.2, -0.15) is 13.2 Å². The van der Waals surface area contributed by atoms with Gasteiger partial charge in [0.05, 0.1) is 33.4 Å². The fourth-order valence-corrected chi connectivity index (χ4v) is 3.37. The van der Waals surface area contributed by atoms with Crippen LogP contribution in [0.5, 0.6) is 0 Å². The molecule has 0 aliphatic heterocycles. The largest absolute Gasteiger partial charge is 0.416 e. The maximum Gasteiger partial charge on any atom is 0.416 e. The normalized spacial score (nSPS) is 12.0. The molecule has 10 heteroatoms. The summed E-state index contributed by atoms with van der Waals surface area (Å²) in [6, 6.07) is 7.78. The van der Waals surface area contributed by atoms with Crippen molar-refractivity contribution in [3.05, 3.63) is 74.7 Å². The fourth-order valence-electron chi connectivity index (χ4n) is 2.95. The van der Waals surface area contributed by atoms with Crippen LogP contribution in [0.4, 0.5) is 13.2 Å². The van der Waals surface area contributed by atoms with E-state index in [0.717, 1.165) is 16.7 Å². The van der Waals surface area contributed by atoms with Crippen molar-refractivity contribution in [2.45, 2.75) is 10.6 Å². The molecular formula is C18H10F3IN4O2. The van der Waals surface area contributed by atoms with Crippen molar-refractivity contribution in [3.8, 4) is 5.69 Å². The van der Waals surface area contributed by atoms with Gasteiger partial charge in [0, 0.05) is 10.6 Å². The number of pyridine rings is 2. The molecule has 0 saturated heterocycles. The number of rotatable bonds is 2. The third-order valence-corrected chi connectivity index (χ3v) is 4.99. The summed E-state index contributed by atoms with van der Waals surface area (Å²) < 4.78 is 41.0. The molecule has 0 unspecified atom stereocenters. The van der Waals surface area contributed by atoms with Gasteiger partial charge in [-0.1, -0.05) is 28.7 Å². The number of alkyl halides is 4. The number of nitrogens with zero attached hydrogens (tertiary/aromatic N) is 3. The number of hydrogen-bond acceptors (Lipinski definition) is 4. The van der Waals surface area contributed by atoms with Crippen molar-refractivity contribution in [2.75, 3.05) is 0 Å². The Kier molecular flexibility index (Phi) is 4.44. The van der Waals surface area contributed by atoms with Gasteiger partial charge in [0.25, 0.3) is 5.56 Å². The summed E-state index contributed by atoms with van der Waals surface area (Å²) in [5, 5.41) is 0.0580. The topological polar surface area (TPSA) is 80.6 Å². The van der Waals surface area contributed by atoms with Gasteiger partial charge in [0.2, 0.25) is 0 Å². The van der Waals surface area contributed by atoms with E-state index in [-0.39, 0.29) is 22.1 Å². The van der Waals surface area contributed by atoms with Crippen LogP contribution in [0.3, 0.4) is 0 Å². The third-order valence-electron chi connectivity index (χ3n) is 4.20. The molecule has 1 aromatic carbocycles. The van der Waals surface area contributed by atoms with Crippen molar-refractivity contribution in [1.29, 1.82) is 0 Å². The summed E-state index contributed by atoms with van der Waals surface area (Å²) in [6.07, 6.45) is -3.29. The fraction of sp³-hybridized carbons (Fsp3) is 0.111. The molecule has 0 aliphatic carbocycles. The van der Waals surface area contributed by atoms with Gasteiger partial charge < -0.3 is 0 Å². The predicted octanol–water partition coefficient (Wildman–Crippen LogP) is 3.58. The van der Waals surface area contributed by atoms with Gasteiger partial charge in [0.1, 0.15) is 5.52 Å². The quantitative estimate of drug-likeness (QED) is 0.261. The summed E-state index contributed by atoms with van der Waals surface area (Å²) in [7, 11) is 0. The molecule has 3 heterocycles. The molecule has 0 atom stereocenters. The Morgan fingerprint density at radius 3 is 2.64 bits per heavy atom. The zero-order valence-electron chi connectivity index (χ0n) is 13.9. The highest BCUT2D eigenvalue weighted by molar-refractivity contribution is 14.1. The molecule has 0 fully saturated rings. The number of halogens is 4. The molecule has 3 aromatic heterocycles. The lowest BCUT2D eigenvalue weighted by molar-refractivity contribution is -0.137. The van der Waals surface area contributed by atoms with Crippen molar-refractivity contribution in [3.63, 3.8) is 0 Å². The molecule has 0 radical (unpaired) electrons.